The Morgan fingerprint density at radius 1 is 0.828 bits per heavy atom. The average molecular weight is 437 g/mol. The lowest BCUT2D eigenvalue weighted by molar-refractivity contribution is 0.682. The van der Waals surface area contributed by atoms with Gasteiger partial charge in [-0.1, -0.05) is 71.9 Å². The first-order chi connectivity index (χ1) is 14.2. The first-order valence-corrected chi connectivity index (χ1v) is 11.5. The van der Waals surface area contributed by atoms with Crippen molar-refractivity contribution in [3.8, 4) is 11.4 Å². The molecular formula is C23H17ClN2OS2. The Labute approximate surface area is 181 Å². The highest BCUT2D eigenvalue weighted by molar-refractivity contribution is 7.99. The summed E-state index contributed by atoms with van der Waals surface area (Å²) in [5, 5.41) is 1.45. The van der Waals surface area contributed by atoms with Crippen molar-refractivity contribution in [3.05, 3.63) is 102 Å². The second kappa shape index (κ2) is 9.35. The molecule has 3 aromatic carbocycles. The molecule has 0 saturated heterocycles. The van der Waals surface area contributed by atoms with Crippen molar-refractivity contribution in [2.75, 3.05) is 0 Å². The zero-order valence-corrected chi connectivity index (χ0v) is 17.8. The fourth-order valence-electron chi connectivity index (χ4n) is 2.73. The van der Waals surface area contributed by atoms with Crippen LogP contribution in [0.2, 0.25) is 5.02 Å². The van der Waals surface area contributed by atoms with Gasteiger partial charge in [-0.2, -0.15) is 0 Å². The first kappa shape index (κ1) is 19.8. The molecule has 0 aliphatic heterocycles. The predicted molar refractivity (Wildman–Crippen MR) is 120 cm³/mol. The summed E-state index contributed by atoms with van der Waals surface area (Å²) >= 11 is 7.51. The number of hydrogen-bond acceptors (Lipinski definition) is 4. The summed E-state index contributed by atoms with van der Waals surface area (Å²) < 4.78 is 12.8. The molecule has 0 bridgehead atoms. The topological polar surface area (TPSA) is 42.9 Å². The van der Waals surface area contributed by atoms with E-state index in [-0.39, 0.29) is 0 Å². The van der Waals surface area contributed by atoms with Crippen LogP contribution in [0.5, 0.6) is 0 Å². The van der Waals surface area contributed by atoms with Gasteiger partial charge < -0.3 is 0 Å². The summed E-state index contributed by atoms with van der Waals surface area (Å²) in [6.45, 7) is 0. The largest absolute Gasteiger partial charge is 0.254 e. The van der Waals surface area contributed by atoms with Gasteiger partial charge in [-0.15, -0.1) is 0 Å². The van der Waals surface area contributed by atoms with Crippen molar-refractivity contribution < 1.29 is 4.21 Å². The van der Waals surface area contributed by atoms with Crippen molar-refractivity contribution in [1.82, 2.24) is 9.97 Å². The summed E-state index contributed by atoms with van der Waals surface area (Å²) in [7, 11) is -1.22. The van der Waals surface area contributed by atoms with Gasteiger partial charge in [0.05, 0.1) is 22.2 Å². The number of hydrogen-bond donors (Lipinski definition) is 0. The Bertz CT molecular complexity index is 1120. The lowest BCUT2D eigenvalue weighted by atomic mass is 10.2. The SMILES string of the molecule is O=[S@](Cc1cc(Sc2ccccc2)nc(-c2ccccc2)n1)c1ccc(Cl)cc1. The van der Waals surface area contributed by atoms with E-state index in [0.29, 0.717) is 16.6 Å². The quantitative estimate of drug-likeness (QED) is 0.335. The molecule has 4 aromatic rings. The van der Waals surface area contributed by atoms with E-state index >= 15 is 0 Å². The van der Waals surface area contributed by atoms with Crippen LogP contribution in [0, 0.1) is 0 Å². The minimum atomic E-state index is -1.22. The van der Waals surface area contributed by atoms with Crippen molar-refractivity contribution in [2.45, 2.75) is 20.6 Å². The van der Waals surface area contributed by atoms with E-state index in [2.05, 4.69) is 4.98 Å². The Balaban J connectivity index is 1.67. The highest BCUT2D eigenvalue weighted by atomic mass is 35.5. The van der Waals surface area contributed by atoms with Gasteiger partial charge in [0.15, 0.2) is 5.82 Å². The molecule has 0 aliphatic rings. The number of rotatable bonds is 6. The second-order valence-corrected chi connectivity index (χ2v) is 9.23. The molecule has 4 rings (SSSR count). The average Bonchev–Trinajstić information content (AvgIpc) is 2.75. The Hall–Kier alpha value is -2.47. The molecule has 1 heterocycles. The molecular weight excluding hydrogens is 420 g/mol. The third-order valence-corrected chi connectivity index (χ3v) is 6.64. The van der Waals surface area contributed by atoms with Crippen molar-refractivity contribution in [3.63, 3.8) is 0 Å². The van der Waals surface area contributed by atoms with Gasteiger partial charge in [0.1, 0.15) is 5.03 Å². The van der Waals surface area contributed by atoms with E-state index in [0.717, 1.165) is 26.1 Å². The van der Waals surface area contributed by atoms with Crippen molar-refractivity contribution >= 4 is 34.2 Å². The molecule has 1 atom stereocenters. The van der Waals surface area contributed by atoms with Crippen LogP contribution in [0.15, 0.2) is 106 Å². The van der Waals surface area contributed by atoms with Gasteiger partial charge in [0, 0.05) is 20.4 Å². The summed E-state index contributed by atoms with van der Waals surface area (Å²) in [6, 6.07) is 28.9. The fraction of sp³-hybridized carbons (Fsp3) is 0.0435. The highest BCUT2D eigenvalue weighted by Gasteiger charge is 2.12. The van der Waals surface area contributed by atoms with Gasteiger partial charge in [-0.05, 0) is 42.5 Å². The minimum Gasteiger partial charge on any atom is -0.254 e. The third-order valence-electron chi connectivity index (χ3n) is 4.11. The van der Waals surface area contributed by atoms with E-state index in [1.54, 1.807) is 36.0 Å². The normalized spacial score (nSPS) is 11.9. The van der Waals surface area contributed by atoms with E-state index in [1.807, 2.05) is 66.7 Å². The van der Waals surface area contributed by atoms with Crippen LogP contribution in [-0.4, -0.2) is 14.2 Å². The van der Waals surface area contributed by atoms with Crippen LogP contribution in [0.25, 0.3) is 11.4 Å². The van der Waals surface area contributed by atoms with Crippen LogP contribution in [0.3, 0.4) is 0 Å². The molecule has 0 aliphatic carbocycles. The molecule has 0 fully saturated rings. The molecule has 1 aromatic heterocycles. The van der Waals surface area contributed by atoms with Gasteiger partial charge in [-0.25, -0.2) is 9.97 Å². The number of nitrogens with zero attached hydrogens (tertiary/aromatic N) is 2. The number of benzene rings is 3. The van der Waals surface area contributed by atoms with Gasteiger partial charge in [0.2, 0.25) is 0 Å². The number of aromatic nitrogens is 2. The third kappa shape index (κ3) is 5.32. The maximum Gasteiger partial charge on any atom is 0.160 e. The first-order valence-electron chi connectivity index (χ1n) is 8.97. The van der Waals surface area contributed by atoms with Gasteiger partial charge in [0.25, 0.3) is 0 Å². The molecule has 6 heteroatoms. The molecule has 29 heavy (non-hydrogen) atoms. The zero-order valence-electron chi connectivity index (χ0n) is 15.4. The van der Waals surface area contributed by atoms with Gasteiger partial charge >= 0.3 is 0 Å². The standard InChI is InChI=1S/C23H17ClN2OS2/c24-18-11-13-21(14-12-18)29(27)16-19-15-22(28-20-9-5-2-6-10-20)26-23(25-19)17-7-3-1-4-8-17/h1-15H,16H2/t29-/m1/s1. The predicted octanol–water partition coefficient (Wildman–Crippen LogP) is 6.26. The zero-order chi connectivity index (χ0) is 20.1. The Morgan fingerprint density at radius 3 is 2.17 bits per heavy atom. The van der Waals surface area contributed by atoms with Crippen LogP contribution < -0.4 is 0 Å². The molecule has 0 radical (unpaired) electrons. The lowest BCUT2D eigenvalue weighted by Crippen LogP contribution is -2.02. The molecule has 0 saturated carbocycles. The lowest BCUT2D eigenvalue weighted by Gasteiger charge is -2.09. The second-order valence-electron chi connectivity index (χ2n) is 6.25. The molecule has 0 spiro atoms. The Morgan fingerprint density at radius 2 is 1.48 bits per heavy atom. The molecule has 0 amide bonds. The number of halogens is 1. The maximum atomic E-state index is 12.8. The van der Waals surface area contributed by atoms with E-state index in [4.69, 9.17) is 16.6 Å². The van der Waals surface area contributed by atoms with Crippen molar-refractivity contribution in [1.29, 1.82) is 0 Å². The maximum absolute atomic E-state index is 12.8. The summed E-state index contributed by atoms with van der Waals surface area (Å²) in [5.41, 5.74) is 1.67. The summed E-state index contributed by atoms with van der Waals surface area (Å²) in [4.78, 5) is 11.2. The van der Waals surface area contributed by atoms with Crippen LogP contribution >= 0.6 is 23.4 Å². The highest BCUT2D eigenvalue weighted by Crippen LogP contribution is 2.29. The van der Waals surface area contributed by atoms with E-state index in [1.165, 1.54) is 0 Å². The van der Waals surface area contributed by atoms with Crippen LogP contribution in [0.1, 0.15) is 5.69 Å². The van der Waals surface area contributed by atoms with E-state index in [9.17, 15) is 4.21 Å². The van der Waals surface area contributed by atoms with Gasteiger partial charge in [-0.3, -0.25) is 4.21 Å². The molecule has 0 N–H and O–H groups in total. The summed E-state index contributed by atoms with van der Waals surface area (Å²) in [6.07, 6.45) is 0. The summed E-state index contributed by atoms with van der Waals surface area (Å²) in [5.74, 6) is 0.946. The van der Waals surface area contributed by atoms with Crippen LogP contribution in [0.4, 0.5) is 0 Å². The molecule has 144 valence electrons. The monoisotopic (exact) mass is 436 g/mol. The smallest absolute Gasteiger partial charge is 0.160 e. The van der Waals surface area contributed by atoms with Crippen LogP contribution in [-0.2, 0) is 16.6 Å². The van der Waals surface area contributed by atoms with E-state index < -0.39 is 10.8 Å². The molecule has 3 nitrogen and oxygen atoms in total. The molecule has 0 unspecified atom stereocenters. The van der Waals surface area contributed by atoms with Crippen molar-refractivity contribution in [2.24, 2.45) is 0 Å². The minimum absolute atomic E-state index is 0.312. The Kier molecular flexibility index (Phi) is 6.39. The fourth-order valence-corrected chi connectivity index (χ4v) is 4.74.